The molecule has 0 radical (unpaired) electrons. The number of ether oxygens (including phenoxy) is 2. The molecule has 1 fully saturated rings. The molecule has 142 valence electrons. The van der Waals surface area contributed by atoms with Crippen LogP contribution in [0.1, 0.15) is 40.5 Å². The molecule has 0 spiro atoms. The van der Waals surface area contributed by atoms with Gasteiger partial charge in [-0.3, -0.25) is 5.32 Å². The summed E-state index contributed by atoms with van der Waals surface area (Å²) in [5, 5.41) is 2.80. The van der Waals surface area contributed by atoms with E-state index >= 15 is 0 Å². The molecular formula is C22H31NO3. The van der Waals surface area contributed by atoms with Crippen LogP contribution in [-0.4, -0.2) is 25.4 Å². The number of hydrogen-bond donors (Lipinski definition) is 1. The lowest BCUT2D eigenvalue weighted by molar-refractivity contribution is -0.164. The molecule has 1 aromatic rings. The lowest BCUT2D eigenvalue weighted by Gasteiger charge is -2.55. The van der Waals surface area contributed by atoms with E-state index in [1.54, 1.807) is 0 Å². The fraction of sp³-hybridized carbons (Fsp3) is 0.591. The predicted molar refractivity (Wildman–Crippen MR) is 104 cm³/mol. The number of hydrogen-bond acceptors (Lipinski definition) is 3. The molecule has 4 nitrogen and oxygen atoms in total. The van der Waals surface area contributed by atoms with Gasteiger partial charge >= 0.3 is 6.09 Å². The Balaban J connectivity index is 1.71. The van der Waals surface area contributed by atoms with E-state index in [1.165, 1.54) is 5.57 Å². The van der Waals surface area contributed by atoms with Crippen LogP contribution in [0.15, 0.2) is 42.0 Å². The minimum absolute atomic E-state index is 0.150. The maximum absolute atomic E-state index is 12.3. The van der Waals surface area contributed by atoms with Crippen molar-refractivity contribution in [2.75, 3.05) is 18.5 Å². The van der Waals surface area contributed by atoms with E-state index in [0.29, 0.717) is 31.0 Å². The number of amides is 1. The van der Waals surface area contributed by atoms with E-state index < -0.39 is 6.09 Å². The number of anilines is 1. The summed E-state index contributed by atoms with van der Waals surface area (Å²) in [5.74, 6) is 1.17. The smallest absolute Gasteiger partial charge is 0.411 e. The lowest BCUT2D eigenvalue weighted by Crippen LogP contribution is -2.56. The van der Waals surface area contributed by atoms with Gasteiger partial charge in [-0.15, -0.1) is 0 Å². The molecule has 1 heterocycles. The summed E-state index contributed by atoms with van der Waals surface area (Å²) in [4.78, 5) is 12.3. The van der Waals surface area contributed by atoms with Crippen LogP contribution >= 0.6 is 0 Å². The fourth-order valence-corrected chi connectivity index (χ4v) is 4.81. The van der Waals surface area contributed by atoms with Gasteiger partial charge < -0.3 is 9.47 Å². The van der Waals surface area contributed by atoms with Gasteiger partial charge in [0.2, 0.25) is 0 Å². The van der Waals surface area contributed by atoms with E-state index in [-0.39, 0.29) is 11.5 Å². The Morgan fingerprint density at radius 1 is 1.31 bits per heavy atom. The van der Waals surface area contributed by atoms with Crippen molar-refractivity contribution in [2.45, 2.75) is 46.6 Å². The molecule has 4 heteroatoms. The summed E-state index contributed by atoms with van der Waals surface area (Å²) >= 11 is 0. The molecule has 5 atom stereocenters. The molecule has 3 rings (SSSR count). The van der Waals surface area contributed by atoms with Crippen LogP contribution in [0, 0.1) is 23.2 Å². The highest BCUT2D eigenvalue weighted by molar-refractivity contribution is 5.84. The molecule has 1 N–H and O–H groups in total. The zero-order chi connectivity index (χ0) is 18.7. The van der Waals surface area contributed by atoms with Crippen LogP contribution in [0.5, 0.6) is 0 Å². The monoisotopic (exact) mass is 357 g/mol. The molecule has 1 saturated heterocycles. The summed E-state index contributed by atoms with van der Waals surface area (Å²) in [6.45, 7) is 9.99. The van der Waals surface area contributed by atoms with E-state index in [9.17, 15) is 4.79 Å². The number of para-hydroxylation sites is 1. The molecular weight excluding hydrogens is 326 g/mol. The third kappa shape index (κ3) is 3.52. The summed E-state index contributed by atoms with van der Waals surface area (Å²) in [7, 11) is 0. The zero-order valence-electron chi connectivity index (χ0n) is 16.3. The van der Waals surface area contributed by atoms with Crippen molar-refractivity contribution in [2.24, 2.45) is 23.2 Å². The lowest BCUT2D eigenvalue weighted by atomic mass is 9.56. The van der Waals surface area contributed by atoms with Gasteiger partial charge in [0, 0.05) is 17.0 Å². The number of benzene rings is 1. The van der Waals surface area contributed by atoms with Gasteiger partial charge in [-0.05, 0) is 37.3 Å². The highest BCUT2D eigenvalue weighted by Crippen LogP contribution is 2.53. The van der Waals surface area contributed by atoms with Crippen molar-refractivity contribution in [3.05, 3.63) is 42.0 Å². The Labute approximate surface area is 157 Å². The number of rotatable bonds is 5. The molecule has 2 aliphatic rings. The van der Waals surface area contributed by atoms with Crippen LogP contribution in [-0.2, 0) is 9.47 Å². The zero-order valence-corrected chi connectivity index (χ0v) is 16.3. The van der Waals surface area contributed by atoms with E-state index in [1.807, 2.05) is 30.3 Å². The first-order chi connectivity index (χ1) is 12.5. The Morgan fingerprint density at radius 2 is 2.04 bits per heavy atom. The van der Waals surface area contributed by atoms with Crippen LogP contribution in [0.2, 0.25) is 0 Å². The minimum Gasteiger partial charge on any atom is -0.449 e. The third-order valence-corrected chi connectivity index (χ3v) is 6.42. The van der Waals surface area contributed by atoms with Crippen molar-refractivity contribution >= 4 is 11.8 Å². The maximum Gasteiger partial charge on any atom is 0.411 e. The number of fused-ring (bicyclic) bond motifs is 2. The summed E-state index contributed by atoms with van der Waals surface area (Å²) in [5.41, 5.74) is 2.02. The van der Waals surface area contributed by atoms with Gasteiger partial charge in [0.1, 0.15) is 6.61 Å². The van der Waals surface area contributed by atoms with Crippen LogP contribution < -0.4 is 5.32 Å². The van der Waals surface area contributed by atoms with Crippen molar-refractivity contribution < 1.29 is 14.3 Å². The number of carbonyl (C=O) groups is 1. The molecule has 1 amide bonds. The van der Waals surface area contributed by atoms with E-state index in [0.717, 1.165) is 18.5 Å². The summed E-state index contributed by atoms with van der Waals surface area (Å²) < 4.78 is 12.0. The first-order valence-electron chi connectivity index (χ1n) is 9.76. The highest BCUT2D eigenvalue weighted by Gasteiger charge is 2.53. The third-order valence-electron chi connectivity index (χ3n) is 6.42. The quantitative estimate of drug-likeness (QED) is 0.730. The highest BCUT2D eigenvalue weighted by atomic mass is 16.6. The average molecular weight is 357 g/mol. The van der Waals surface area contributed by atoms with Gasteiger partial charge in [-0.25, -0.2) is 4.79 Å². The number of nitrogens with one attached hydrogen (secondary N) is 1. The Bertz CT molecular complexity index is 657. The molecule has 0 aromatic heterocycles. The van der Waals surface area contributed by atoms with Crippen LogP contribution in [0.4, 0.5) is 10.5 Å². The van der Waals surface area contributed by atoms with Crippen molar-refractivity contribution in [3.8, 4) is 0 Å². The summed E-state index contributed by atoms with van der Waals surface area (Å²) in [6.07, 6.45) is 4.46. The normalized spacial score (nSPS) is 33.3. The van der Waals surface area contributed by atoms with Crippen molar-refractivity contribution in [1.29, 1.82) is 0 Å². The van der Waals surface area contributed by atoms with Gasteiger partial charge in [-0.1, -0.05) is 57.0 Å². The molecule has 3 unspecified atom stereocenters. The van der Waals surface area contributed by atoms with Gasteiger partial charge in [0.05, 0.1) is 12.7 Å². The topological polar surface area (TPSA) is 47.6 Å². The number of allylic oxidation sites excluding steroid dienone is 1. The summed E-state index contributed by atoms with van der Waals surface area (Å²) in [6, 6.07) is 9.40. The first-order valence-corrected chi connectivity index (χ1v) is 9.76. The largest absolute Gasteiger partial charge is 0.449 e. The standard InChI is InChI=1S/C22H31NO3/c1-5-9-19-20-15(2)12-16(3)22(13-25-19,17(20)4)14-26-21(24)23-18-10-7-6-8-11-18/h6-8,10-12,16-17,19-20H,5,9,13-14H2,1-4H3,(H,23,24)/t16?,17-,19?,20?,22-/m0/s1. The van der Waals surface area contributed by atoms with Crippen LogP contribution in [0.25, 0.3) is 0 Å². The second-order valence-electron chi connectivity index (χ2n) is 7.95. The van der Waals surface area contributed by atoms with Gasteiger partial charge in [-0.2, -0.15) is 0 Å². The van der Waals surface area contributed by atoms with Gasteiger partial charge in [0.15, 0.2) is 0 Å². The van der Waals surface area contributed by atoms with E-state index in [4.69, 9.17) is 9.47 Å². The minimum atomic E-state index is -0.400. The van der Waals surface area contributed by atoms with Gasteiger partial charge in [0.25, 0.3) is 0 Å². The maximum atomic E-state index is 12.3. The molecule has 1 aromatic carbocycles. The molecule has 1 aliphatic heterocycles. The first kappa shape index (κ1) is 19.0. The second-order valence-corrected chi connectivity index (χ2v) is 7.95. The van der Waals surface area contributed by atoms with Crippen LogP contribution in [0.3, 0.4) is 0 Å². The SMILES string of the molecule is CCCC1OC[C@]2(COC(=O)Nc3ccccc3)C(C)C=C(C)C1[C@@H]2C. The molecule has 0 saturated carbocycles. The average Bonchev–Trinajstić information content (AvgIpc) is 2.61. The second kappa shape index (κ2) is 7.83. The molecule has 26 heavy (non-hydrogen) atoms. The fourth-order valence-electron chi connectivity index (χ4n) is 4.81. The Morgan fingerprint density at radius 3 is 2.73 bits per heavy atom. The Hall–Kier alpha value is -1.81. The Kier molecular flexibility index (Phi) is 5.71. The van der Waals surface area contributed by atoms with Crippen molar-refractivity contribution in [1.82, 2.24) is 0 Å². The van der Waals surface area contributed by atoms with Crippen molar-refractivity contribution in [3.63, 3.8) is 0 Å². The molecule has 2 bridgehead atoms. The van der Waals surface area contributed by atoms with E-state index in [2.05, 4.69) is 39.1 Å². The molecule has 1 aliphatic carbocycles. The predicted octanol–water partition coefficient (Wildman–Crippen LogP) is 5.27. The number of carbonyl (C=O) groups excluding carboxylic acids is 1.